The van der Waals surface area contributed by atoms with Crippen molar-refractivity contribution in [1.82, 2.24) is 9.97 Å². The predicted octanol–water partition coefficient (Wildman–Crippen LogP) is -10.7. The first kappa shape index (κ1) is 36.1. The molecule has 0 aliphatic carbocycles. The topological polar surface area (TPSA) is 370 Å². The van der Waals surface area contributed by atoms with Crippen molar-refractivity contribution in [3.8, 4) is 0 Å². The second-order valence-corrected chi connectivity index (χ2v) is 7.32. The lowest BCUT2D eigenvalue weighted by atomic mass is 10.3. The van der Waals surface area contributed by atoms with Crippen LogP contribution in [0.1, 0.15) is 11.6 Å². The fraction of sp³-hybridized carbons (Fsp3) is 0.125. The zero-order valence-electron chi connectivity index (χ0n) is 17.1. The number of hydrogen-bond acceptors (Lipinski definition) is 8. The average Bonchev–Trinajstić information content (AvgIpc) is 3.20. The first-order chi connectivity index (χ1) is 13.9. The molecule has 18 heteroatoms. The highest BCUT2D eigenvalue weighted by Crippen LogP contribution is 2.09. The summed E-state index contributed by atoms with van der Waals surface area (Å²) in [6.07, 6.45) is 1.88. The van der Waals surface area contributed by atoms with E-state index >= 15 is 0 Å². The molecule has 0 saturated carbocycles. The minimum atomic E-state index is -4.94. The minimum Gasteiger partial charge on any atom is -0.412 e. The van der Waals surface area contributed by atoms with E-state index in [-0.39, 0.29) is 21.9 Å². The maximum absolute atomic E-state index is 8.49. The average molecular weight is 535 g/mol. The second-order valence-electron chi connectivity index (χ2n) is 5.80. The Labute approximate surface area is 195 Å². The highest BCUT2D eigenvalue weighted by molar-refractivity contribution is 5.71. The van der Waals surface area contributed by atoms with Crippen molar-refractivity contribution < 1.29 is 89.6 Å². The number of hydrogen-bond donors (Lipinski definition) is 2. The third-order valence-electron chi connectivity index (χ3n) is 3.62. The number of rotatable bonds is 3. The van der Waals surface area contributed by atoms with Crippen molar-refractivity contribution >= 4 is 22.1 Å². The summed E-state index contributed by atoms with van der Waals surface area (Å²) in [5, 5.41) is 0. The van der Waals surface area contributed by atoms with Gasteiger partial charge in [0.05, 0.1) is 12.8 Å². The number of nitrogens with one attached hydrogen (secondary N) is 4. The predicted molar refractivity (Wildman–Crippen MR) is 91.6 cm³/mol. The Morgan fingerprint density at radius 2 is 0.794 bits per heavy atom. The van der Waals surface area contributed by atoms with Gasteiger partial charge in [0.2, 0.25) is 0 Å². The van der Waals surface area contributed by atoms with Crippen molar-refractivity contribution in [3.05, 3.63) is 60.2 Å². The van der Waals surface area contributed by atoms with E-state index in [4.69, 9.17) is 37.3 Å². The number of benzene rings is 2. The maximum Gasteiger partial charge on any atom is 0.253 e. The van der Waals surface area contributed by atoms with Crippen molar-refractivity contribution in [1.29, 1.82) is 0 Å². The molecule has 2 aromatic carbocycles. The normalized spacial score (nSPS) is 10.2. The monoisotopic (exact) mass is 534 g/mol. The van der Waals surface area contributed by atoms with Crippen molar-refractivity contribution in [2.24, 2.45) is 0 Å². The van der Waals surface area contributed by atoms with Crippen LogP contribution >= 0.6 is 0 Å². The number of aryl methyl sites for hydroxylation is 2. The third kappa shape index (κ3) is 14.6. The number of aromatic nitrogens is 4. The van der Waals surface area contributed by atoms with E-state index in [9.17, 15) is 0 Å². The largest absolute Gasteiger partial charge is 0.412 e. The molecule has 194 valence electrons. The summed E-state index contributed by atoms with van der Waals surface area (Å²) in [4.78, 5) is 13.7. The van der Waals surface area contributed by atoms with Crippen LogP contribution in [0.4, 0.5) is 0 Å². The fourth-order valence-electron chi connectivity index (χ4n) is 2.61. The van der Waals surface area contributed by atoms with E-state index in [1.807, 2.05) is 24.3 Å². The molecule has 0 spiro atoms. The SMILES string of the molecule is O.O.O.O.[O-][Cl+3]([O-])([O-])[O-].[O-][Cl+3]([O-])([O-])[O-].c1ccc2[nH+]c(CCc3[nH]c4ccccc4[nH+]3)[nH]c2c1. The van der Waals surface area contributed by atoms with Crippen LogP contribution in [0.3, 0.4) is 0 Å². The molecule has 12 N–H and O–H groups in total. The Kier molecular flexibility index (Phi) is 16.3. The van der Waals surface area contributed by atoms with Crippen LogP contribution < -0.4 is 47.2 Å². The molecule has 2 heterocycles. The highest BCUT2D eigenvalue weighted by Gasteiger charge is 2.13. The van der Waals surface area contributed by atoms with Gasteiger partial charge in [-0.3, -0.25) is 0 Å². The van der Waals surface area contributed by atoms with Crippen molar-refractivity contribution in [2.45, 2.75) is 12.8 Å². The van der Waals surface area contributed by atoms with Crippen LogP contribution in [0, 0.1) is 20.5 Å². The molecule has 0 fully saturated rings. The molecule has 0 radical (unpaired) electrons. The van der Waals surface area contributed by atoms with Gasteiger partial charge in [0.15, 0.2) is 22.1 Å². The molecule has 0 aliphatic heterocycles. The Morgan fingerprint density at radius 1 is 0.529 bits per heavy atom. The van der Waals surface area contributed by atoms with E-state index < -0.39 is 20.5 Å². The second kappa shape index (κ2) is 15.4. The quantitative estimate of drug-likeness (QED) is 0.253. The molecule has 4 aromatic rings. The number of aromatic amines is 4. The molecule has 0 atom stereocenters. The lowest BCUT2D eigenvalue weighted by Crippen LogP contribution is -2.68. The number of para-hydroxylation sites is 4. The van der Waals surface area contributed by atoms with Gasteiger partial charge in [-0.05, 0) is 24.3 Å². The van der Waals surface area contributed by atoms with E-state index in [2.05, 4.69) is 44.2 Å². The molecule has 0 amide bonds. The standard InChI is InChI=1S/C16H14N4.2ClHO4.4H2O/c1-2-6-12-11(5-1)17-15(18-12)9-10-16-19-13-7-3-4-8-14(13)20-16;2*2-1(3,4)5;;;;/h1-8H,9-10H2,(H,17,18)(H,19,20);2*(H,2,3,4,5);4*1H2. The Hall–Kier alpha value is -2.52. The van der Waals surface area contributed by atoms with Gasteiger partial charge in [-0.25, -0.2) is 57.2 Å². The highest BCUT2D eigenvalue weighted by atomic mass is 35.7. The molecule has 4 rings (SSSR count). The van der Waals surface area contributed by atoms with Gasteiger partial charge >= 0.3 is 0 Å². The van der Waals surface area contributed by atoms with E-state index in [1.54, 1.807) is 0 Å². The molecule has 0 bridgehead atoms. The first-order valence-electron chi connectivity index (χ1n) is 8.10. The summed E-state index contributed by atoms with van der Waals surface area (Å²) in [7, 11) is -9.89. The first-order valence-corrected chi connectivity index (χ1v) is 10.6. The molecule has 16 nitrogen and oxygen atoms in total. The van der Waals surface area contributed by atoms with Gasteiger partial charge in [-0.2, -0.15) is 0 Å². The molecular formula is C16H24Cl2N4O12. The van der Waals surface area contributed by atoms with Gasteiger partial charge in [0, 0.05) is 0 Å². The van der Waals surface area contributed by atoms with Gasteiger partial charge in [-0.1, -0.05) is 24.3 Å². The smallest absolute Gasteiger partial charge is 0.253 e. The number of imidazole rings is 2. The van der Waals surface area contributed by atoms with Crippen LogP contribution in [0.15, 0.2) is 48.5 Å². The summed E-state index contributed by atoms with van der Waals surface area (Å²) < 4.78 is 67.9. The Balaban J connectivity index is -0.000000595. The number of H-pyrrole nitrogens is 4. The molecule has 0 saturated heterocycles. The van der Waals surface area contributed by atoms with E-state index in [0.717, 1.165) is 46.6 Å². The lowest BCUT2D eigenvalue weighted by molar-refractivity contribution is -2.00. The Bertz CT molecular complexity index is 917. The van der Waals surface area contributed by atoms with Gasteiger partial charge in [0.1, 0.15) is 0 Å². The molecule has 0 unspecified atom stereocenters. The van der Waals surface area contributed by atoms with Gasteiger partial charge in [0.25, 0.3) is 11.6 Å². The van der Waals surface area contributed by atoms with Crippen molar-refractivity contribution in [3.63, 3.8) is 0 Å². The maximum atomic E-state index is 8.49. The summed E-state index contributed by atoms with van der Waals surface area (Å²) in [6, 6.07) is 16.5. The molecule has 34 heavy (non-hydrogen) atoms. The lowest BCUT2D eigenvalue weighted by Gasteiger charge is -2.17. The zero-order valence-corrected chi connectivity index (χ0v) is 18.6. The summed E-state index contributed by atoms with van der Waals surface area (Å²) >= 11 is 0. The van der Waals surface area contributed by atoms with Crippen LogP contribution in [-0.4, -0.2) is 31.9 Å². The van der Waals surface area contributed by atoms with Crippen LogP contribution in [0.2, 0.25) is 0 Å². The molecule has 0 aliphatic rings. The summed E-state index contributed by atoms with van der Waals surface area (Å²) in [5.41, 5.74) is 4.62. The number of fused-ring (bicyclic) bond motifs is 2. The number of halogens is 2. The van der Waals surface area contributed by atoms with E-state index in [1.165, 1.54) is 0 Å². The Morgan fingerprint density at radius 3 is 1.06 bits per heavy atom. The van der Waals surface area contributed by atoms with Crippen LogP contribution in [0.25, 0.3) is 22.1 Å². The summed E-state index contributed by atoms with van der Waals surface area (Å²) in [6.45, 7) is 0. The molecular weight excluding hydrogens is 511 g/mol. The van der Waals surface area contributed by atoms with Crippen molar-refractivity contribution in [2.75, 3.05) is 0 Å². The van der Waals surface area contributed by atoms with Gasteiger partial charge in [-0.15, -0.1) is 20.5 Å². The van der Waals surface area contributed by atoms with E-state index in [0.29, 0.717) is 0 Å². The van der Waals surface area contributed by atoms with Gasteiger partial charge < -0.3 is 21.9 Å². The summed E-state index contributed by atoms with van der Waals surface area (Å²) in [5.74, 6) is 2.30. The van der Waals surface area contributed by atoms with Crippen LogP contribution in [-0.2, 0) is 12.8 Å². The zero-order chi connectivity index (χ0) is 22.4. The van der Waals surface area contributed by atoms with Crippen LogP contribution in [0.5, 0.6) is 0 Å². The minimum absolute atomic E-state index is 0. The fourth-order valence-corrected chi connectivity index (χ4v) is 2.61. The molecule has 2 aromatic heterocycles. The third-order valence-corrected chi connectivity index (χ3v) is 3.62.